The number of fused-ring (bicyclic) bond motifs is 38. The summed E-state index contributed by atoms with van der Waals surface area (Å²) in [4.78, 5) is 5.48. The molecule has 3 nitrogen and oxygen atoms in total. The first-order valence-corrected chi connectivity index (χ1v) is 38.4. The number of benzene rings is 17. The largest absolute Gasteiger partial charge is 0.311 e. The van der Waals surface area contributed by atoms with Crippen LogP contribution in [-0.4, -0.2) is 11.3 Å². The van der Waals surface area contributed by atoms with Crippen molar-refractivity contribution in [3.63, 3.8) is 0 Å². The van der Waals surface area contributed by atoms with E-state index < -0.39 is 16.2 Å². The summed E-state index contributed by atoms with van der Waals surface area (Å²) in [6, 6.07) is 146. The first-order chi connectivity index (χ1) is 54.1. The van der Waals surface area contributed by atoms with Crippen LogP contribution in [0.1, 0.15) is 66.8 Å². The van der Waals surface area contributed by atoms with Crippen LogP contribution in [0.3, 0.4) is 0 Å². The second-order valence-electron chi connectivity index (χ2n) is 31.1. The molecular weight excluding hydrogens is 1310 g/mol. The molecule has 17 aromatic carbocycles. The molecule has 0 fully saturated rings. The minimum absolute atomic E-state index is 0.292. The Hall–Kier alpha value is -13.8. The maximum absolute atomic E-state index is 2.80. The lowest BCUT2D eigenvalue weighted by Gasteiger charge is -2.47. The summed E-state index contributed by atoms with van der Waals surface area (Å²) in [5, 5.41) is 2.44. The quantitative estimate of drug-likeness (QED) is 0.163. The fraction of sp³-hybridized carbons (Fsp3) is 0.0286. The van der Waals surface area contributed by atoms with Gasteiger partial charge in [-0.1, -0.05) is 322 Å². The first kappa shape index (κ1) is 58.5. The van der Waals surface area contributed by atoms with Gasteiger partial charge in [0.15, 0.2) is 0 Å². The lowest BCUT2D eigenvalue weighted by molar-refractivity contribution is 0.792. The summed E-state index contributed by atoms with van der Waals surface area (Å²) in [6.45, 7) is -0.292. The van der Waals surface area contributed by atoms with E-state index in [1.807, 2.05) is 0 Å². The van der Waals surface area contributed by atoms with Gasteiger partial charge in [0.25, 0.3) is 6.71 Å². The second-order valence-corrected chi connectivity index (χ2v) is 31.1. The molecule has 3 heterocycles. The zero-order valence-electron chi connectivity index (χ0n) is 59.2. The molecule has 109 heavy (non-hydrogen) atoms. The first-order valence-electron chi connectivity index (χ1n) is 38.4. The monoisotopic (exact) mass is 1380 g/mol. The van der Waals surface area contributed by atoms with Gasteiger partial charge in [0.1, 0.15) is 0 Å². The Kier molecular flexibility index (Phi) is 11.2. The molecule has 4 heteroatoms. The predicted octanol–water partition coefficient (Wildman–Crippen LogP) is 23.6. The van der Waals surface area contributed by atoms with Gasteiger partial charge in [0.2, 0.25) is 0 Å². The van der Waals surface area contributed by atoms with Gasteiger partial charge in [-0.2, -0.15) is 0 Å². The number of rotatable bonds is 4. The van der Waals surface area contributed by atoms with Gasteiger partial charge in [0.05, 0.1) is 33.0 Å². The van der Waals surface area contributed by atoms with Crippen LogP contribution in [0.2, 0.25) is 0 Å². The molecule has 500 valence electrons. The van der Waals surface area contributed by atoms with E-state index in [9.17, 15) is 0 Å². The van der Waals surface area contributed by atoms with Crippen molar-refractivity contribution in [3.8, 4) is 83.6 Å². The molecule has 6 aliphatic carbocycles. The molecule has 8 aliphatic rings. The van der Waals surface area contributed by atoms with Gasteiger partial charge in [0, 0.05) is 50.5 Å². The normalized spacial score (nSPS) is 15.0. The van der Waals surface area contributed by atoms with E-state index in [2.05, 4.69) is 390 Å². The summed E-state index contributed by atoms with van der Waals surface area (Å²) in [6.07, 6.45) is 0. The summed E-state index contributed by atoms with van der Waals surface area (Å²) >= 11 is 0. The zero-order valence-corrected chi connectivity index (χ0v) is 59.2. The second kappa shape index (κ2) is 20.8. The average molecular weight is 1380 g/mol. The van der Waals surface area contributed by atoms with Crippen LogP contribution < -0.4 is 26.2 Å². The molecule has 26 rings (SSSR count). The number of nitrogens with zero attached hydrogens (tertiary/aromatic N) is 3. The van der Waals surface area contributed by atoms with Gasteiger partial charge in [-0.25, -0.2) is 0 Å². The van der Waals surface area contributed by atoms with Gasteiger partial charge in [-0.3, -0.25) is 0 Å². The van der Waals surface area contributed by atoms with Crippen LogP contribution >= 0.6 is 0 Å². The van der Waals surface area contributed by atoms with Crippen molar-refractivity contribution in [2.24, 2.45) is 0 Å². The van der Waals surface area contributed by atoms with Crippen LogP contribution in [-0.2, 0) is 16.2 Å². The Morgan fingerprint density at radius 3 is 1.06 bits per heavy atom. The van der Waals surface area contributed by atoms with Gasteiger partial charge < -0.3 is 14.4 Å². The van der Waals surface area contributed by atoms with Crippen molar-refractivity contribution in [1.29, 1.82) is 0 Å². The Bertz CT molecular complexity index is 6950. The van der Waals surface area contributed by atoms with Crippen molar-refractivity contribution >= 4 is 79.0 Å². The molecule has 0 saturated carbocycles. The van der Waals surface area contributed by atoms with Crippen molar-refractivity contribution in [1.82, 2.24) is 4.57 Å². The summed E-state index contributed by atoms with van der Waals surface area (Å²) < 4.78 is 2.57. The van der Waals surface area contributed by atoms with E-state index in [4.69, 9.17) is 0 Å². The molecule has 0 N–H and O–H groups in total. The van der Waals surface area contributed by atoms with Crippen LogP contribution in [0.5, 0.6) is 0 Å². The maximum atomic E-state index is 2.80. The van der Waals surface area contributed by atoms with E-state index in [1.165, 1.54) is 183 Å². The number of para-hydroxylation sites is 2. The molecule has 0 radical (unpaired) electrons. The van der Waals surface area contributed by atoms with Crippen LogP contribution in [0.15, 0.2) is 376 Å². The van der Waals surface area contributed by atoms with E-state index in [-0.39, 0.29) is 6.71 Å². The summed E-state index contributed by atoms with van der Waals surface area (Å²) in [7, 11) is 0. The zero-order chi connectivity index (χ0) is 70.7. The van der Waals surface area contributed by atoms with E-state index in [1.54, 1.807) is 0 Å². The Balaban J connectivity index is 0.846. The van der Waals surface area contributed by atoms with E-state index >= 15 is 0 Å². The fourth-order valence-corrected chi connectivity index (χ4v) is 22.8. The molecule has 0 bridgehead atoms. The van der Waals surface area contributed by atoms with E-state index in [0.717, 1.165) is 39.5 Å². The SMILES string of the molecule is c1ccc(-c2ccc(N3c4cc5c(cc4B4c6ccc7c(c6N(c6ccc8c(c6)-c6ccccc6C86c8ccccc8-c8ccccc86)c6cc(-n8c9ccccc9c9ccccc98)cc3c64)C3(c4ccccc4-c4ccccc43)c3ccccc3-7)C3(c4ccccc4-c4ccccc43)c3ccccc3-5)cc2)cc1. The summed E-state index contributed by atoms with van der Waals surface area (Å²) in [5.41, 5.74) is 45.8. The molecule has 0 amide bonds. The Morgan fingerprint density at radius 1 is 0.211 bits per heavy atom. The highest BCUT2D eigenvalue weighted by molar-refractivity contribution is 7.00. The molecule has 3 spiro atoms. The van der Waals surface area contributed by atoms with Gasteiger partial charge >= 0.3 is 0 Å². The number of aromatic nitrogens is 1. The van der Waals surface area contributed by atoms with Gasteiger partial charge in [-0.15, -0.1) is 0 Å². The standard InChI is InChI=1S/C105H62BN3/c1-2-26-63(27-3-1)64-50-52-65(53-51-64)107-97-61-81-76-36-12-20-44-87(76)104(84-41-17-6-30-70(84)71-31-7-18-42-85(71)104)92(81)62-94(97)106-93-57-55-79-74-34-10-23-47-90(74)105(88-45-21-8-32-72(88)73-33-9-22-46-89(73)105)100(79)102(93)109(99-60-67(59-98(107)101(99)106)108-95-48-24-13-37-77(95)78-38-14-25-49-96(78)108)66-54-56-91-80(58-66)75-35-11-19-43-86(75)103(91)82-39-15-4-28-68(82)69-29-5-16-40-83(69)103/h1-62H. The van der Waals surface area contributed by atoms with Crippen LogP contribution in [0.25, 0.3) is 105 Å². The number of anilines is 6. The van der Waals surface area contributed by atoms with Crippen molar-refractivity contribution < 1.29 is 0 Å². The molecule has 2 aliphatic heterocycles. The molecule has 1 aromatic heterocycles. The van der Waals surface area contributed by atoms with Crippen molar-refractivity contribution in [3.05, 3.63) is 443 Å². The third-order valence-corrected chi connectivity index (χ3v) is 26.6. The Morgan fingerprint density at radius 2 is 0.578 bits per heavy atom. The topological polar surface area (TPSA) is 11.4 Å². The molecule has 18 aromatic rings. The van der Waals surface area contributed by atoms with Crippen molar-refractivity contribution in [2.75, 3.05) is 9.80 Å². The minimum Gasteiger partial charge on any atom is -0.311 e. The minimum atomic E-state index is -0.733. The average Bonchev–Trinajstić information content (AvgIpc) is 1.57. The smallest absolute Gasteiger partial charge is 0.252 e. The predicted molar refractivity (Wildman–Crippen MR) is 449 cm³/mol. The Labute approximate surface area is 631 Å². The van der Waals surface area contributed by atoms with Gasteiger partial charge in [-0.05, 0) is 210 Å². The molecule has 0 unspecified atom stereocenters. The summed E-state index contributed by atoms with van der Waals surface area (Å²) in [5.74, 6) is 0. The highest BCUT2D eigenvalue weighted by atomic mass is 15.2. The highest BCUT2D eigenvalue weighted by Gasteiger charge is 2.59. The third-order valence-electron chi connectivity index (χ3n) is 26.6. The van der Waals surface area contributed by atoms with Crippen molar-refractivity contribution in [2.45, 2.75) is 16.2 Å². The third kappa shape index (κ3) is 6.96. The molecular formula is C105H62BN3. The molecule has 0 atom stereocenters. The maximum Gasteiger partial charge on any atom is 0.252 e. The fourth-order valence-electron chi connectivity index (χ4n) is 22.8. The molecule has 0 saturated heterocycles. The lowest BCUT2D eigenvalue weighted by Crippen LogP contribution is -2.62. The highest BCUT2D eigenvalue weighted by Crippen LogP contribution is 2.69. The van der Waals surface area contributed by atoms with Crippen LogP contribution in [0.4, 0.5) is 34.1 Å². The number of hydrogen-bond acceptors (Lipinski definition) is 2. The van der Waals surface area contributed by atoms with Crippen LogP contribution in [0, 0.1) is 0 Å². The lowest BCUT2D eigenvalue weighted by atomic mass is 9.33. The number of hydrogen-bond donors (Lipinski definition) is 0. The van der Waals surface area contributed by atoms with E-state index in [0.29, 0.717) is 0 Å².